The van der Waals surface area contributed by atoms with Gasteiger partial charge in [-0.05, 0) is 68.0 Å². The maximum atomic E-state index is 10.9. The first kappa shape index (κ1) is 23.2. The van der Waals surface area contributed by atoms with Gasteiger partial charge in [0, 0.05) is 21.8 Å². The Hall–Kier alpha value is -2.99. The minimum atomic E-state index is -0.830. The Labute approximate surface area is 199 Å². The second kappa shape index (κ2) is 10.8. The van der Waals surface area contributed by atoms with Crippen molar-refractivity contribution in [2.24, 2.45) is 5.92 Å². The fraction of sp³-hybridized carbons (Fsp3) is 0.370. The van der Waals surface area contributed by atoms with Crippen molar-refractivity contribution in [3.8, 4) is 10.7 Å². The van der Waals surface area contributed by atoms with Crippen molar-refractivity contribution in [1.29, 1.82) is 0 Å². The van der Waals surface area contributed by atoms with Crippen LogP contribution in [0.15, 0.2) is 42.5 Å². The molecule has 5 nitrogen and oxygen atoms in total. The third-order valence-corrected chi connectivity index (χ3v) is 7.22. The van der Waals surface area contributed by atoms with Gasteiger partial charge in [-0.3, -0.25) is 4.79 Å². The number of rotatable bonds is 8. The molecule has 3 aromatic rings. The quantitative estimate of drug-likeness (QED) is 0.376. The van der Waals surface area contributed by atoms with Gasteiger partial charge in [0.2, 0.25) is 0 Å². The van der Waals surface area contributed by atoms with Crippen molar-refractivity contribution in [3.63, 3.8) is 0 Å². The molecule has 1 saturated carbocycles. The van der Waals surface area contributed by atoms with E-state index in [0.717, 1.165) is 45.4 Å². The number of allylic oxidation sites excluding steroid dienone is 1. The molecule has 1 aliphatic rings. The molecule has 172 valence electrons. The van der Waals surface area contributed by atoms with Gasteiger partial charge in [-0.1, -0.05) is 44.4 Å². The van der Waals surface area contributed by atoms with Crippen molar-refractivity contribution in [3.05, 3.63) is 64.2 Å². The van der Waals surface area contributed by atoms with Crippen LogP contribution in [0.25, 0.3) is 16.8 Å². The molecular formula is C27H31N3O2S. The van der Waals surface area contributed by atoms with E-state index in [-0.39, 0.29) is 6.42 Å². The molecule has 6 heteroatoms. The molecule has 0 amide bonds. The second-order valence-electron chi connectivity index (χ2n) is 8.66. The van der Waals surface area contributed by atoms with Crippen LogP contribution in [0, 0.1) is 12.8 Å². The zero-order valence-electron chi connectivity index (χ0n) is 19.3. The summed E-state index contributed by atoms with van der Waals surface area (Å²) in [4.78, 5) is 22.9. The Morgan fingerprint density at radius 2 is 1.88 bits per heavy atom. The van der Waals surface area contributed by atoms with E-state index in [4.69, 9.17) is 15.1 Å². The number of aromatic nitrogens is 2. The fourth-order valence-electron chi connectivity index (χ4n) is 4.37. The van der Waals surface area contributed by atoms with Crippen LogP contribution in [-0.4, -0.2) is 21.0 Å². The highest BCUT2D eigenvalue weighted by Crippen LogP contribution is 2.31. The summed E-state index contributed by atoms with van der Waals surface area (Å²) in [6.07, 6.45) is 12.2. The number of aliphatic carboxylic acids is 1. The van der Waals surface area contributed by atoms with Crippen molar-refractivity contribution in [1.82, 2.24) is 9.97 Å². The minimum absolute atomic E-state index is 0.0210. The summed E-state index contributed by atoms with van der Waals surface area (Å²) in [6.45, 7) is 4.13. The number of benzene rings is 1. The number of hydrogen-bond acceptors (Lipinski definition) is 5. The topological polar surface area (TPSA) is 75.1 Å². The van der Waals surface area contributed by atoms with Crippen LogP contribution in [0.1, 0.15) is 60.7 Å². The normalized spacial score (nSPS) is 14.6. The van der Waals surface area contributed by atoms with Gasteiger partial charge in [0.15, 0.2) is 5.82 Å². The van der Waals surface area contributed by atoms with E-state index >= 15 is 0 Å². The molecule has 4 rings (SSSR count). The zero-order chi connectivity index (χ0) is 23.2. The summed E-state index contributed by atoms with van der Waals surface area (Å²) in [6, 6.07) is 11.7. The van der Waals surface area contributed by atoms with Crippen LogP contribution < -0.4 is 5.32 Å². The number of carboxylic acid groups (broad SMARTS) is 1. The molecule has 2 heterocycles. The predicted octanol–water partition coefficient (Wildman–Crippen LogP) is 7.04. The molecule has 1 aromatic carbocycles. The summed E-state index contributed by atoms with van der Waals surface area (Å²) in [5.74, 6) is 1.42. The molecule has 0 atom stereocenters. The Morgan fingerprint density at radius 1 is 1.12 bits per heavy atom. The molecule has 0 saturated heterocycles. The molecule has 0 radical (unpaired) electrons. The number of aryl methyl sites for hydroxylation is 1. The standard InChI is InChI=1S/C27H31N3O2S/c1-3-23-18(2)28-27(24-16-15-22(33-24)14-11-19-7-5-4-6-8-19)30-26(23)29-21-12-9-20(10-13-21)17-25(31)32/h9-16,19H,3-8,17H2,1-2H3,(H,31,32)(H,28,29,30)/b14-11+. The van der Waals surface area contributed by atoms with E-state index in [1.165, 1.54) is 37.0 Å². The summed E-state index contributed by atoms with van der Waals surface area (Å²) >= 11 is 1.72. The number of nitrogens with zero attached hydrogens (tertiary/aromatic N) is 2. The molecule has 2 aromatic heterocycles. The van der Waals surface area contributed by atoms with Gasteiger partial charge in [0.05, 0.1) is 11.3 Å². The molecule has 1 aliphatic carbocycles. The number of anilines is 2. The van der Waals surface area contributed by atoms with Crippen molar-refractivity contribution in [2.75, 3.05) is 5.32 Å². The zero-order valence-corrected chi connectivity index (χ0v) is 20.1. The van der Waals surface area contributed by atoms with Crippen LogP contribution in [0.2, 0.25) is 0 Å². The first-order valence-corrected chi connectivity index (χ1v) is 12.6. The summed E-state index contributed by atoms with van der Waals surface area (Å²) in [5, 5.41) is 12.4. The molecular weight excluding hydrogens is 430 g/mol. The van der Waals surface area contributed by atoms with Gasteiger partial charge in [0.25, 0.3) is 0 Å². The third kappa shape index (κ3) is 6.08. The Bertz CT molecular complexity index is 1130. The van der Waals surface area contributed by atoms with E-state index in [9.17, 15) is 4.79 Å². The van der Waals surface area contributed by atoms with Crippen LogP contribution in [-0.2, 0) is 17.6 Å². The molecule has 2 N–H and O–H groups in total. The highest BCUT2D eigenvalue weighted by Gasteiger charge is 2.14. The number of carboxylic acids is 1. The summed E-state index contributed by atoms with van der Waals surface area (Å²) in [5.41, 5.74) is 3.71. The summed E-state index contributed by atoms with van der Waals surface area (Å²) < 4.78 is 0. The van der Waals surface area contributed by atoms with E-state index in [1.807, 2.05) is 31.2 Å². The molecule has 0 unspecified atom stereocenters. The fourth-order valence-corrected chi connectivity index (χ4v) is 5.23. The average molecular weight is 462 g/mol. The molecule has 0 spiro atoms. The largest absolute Gasteiger partial charge is 0.481 e. The van der Waals surface area contributed by atoms with E-state index in [0.29, 0.717) is 5.92 Å². The van der Waals surface area contributed by atoms with Crippen LogP contribution in [0.5, 0.6) is 0 Å². The van der Waals surface area contributed by atoms with Crippen LogP contribution >= 0.6 is 11.3 Å². The number of hydrogen-bond donors (Lipinski definition) is 2. The smallest absolute Gasteiger partial charge is 0.307 e. The highest BCUT2D eigenvalue weighted by molar-refractivity contribution is 7.16. The van der Waals surface area contributed by atoms with Gasteiger partial charge in [-0.15, -0.1) is 11.3 Å². The minimum Gasteiger partial charge on any atom is -0.481 e. The SMILES string of the molecule is CCc1c(C)nc(-c2ccc(/C=C/C3CCCCC3)s2)nc1Nc1ccc(CC(=O)O)cc1. The monoisotopic (exact) mass is 461 g/mol. The van der Waals surface area contributed by atoms with E-state index < -0.39 is 5.97 Å². The lowest BCUT2D eigenvalue weighted by Gasteiger charge is -2.17. The van der Waals surface area contributed by atoms with Gasteiger partial charge in [-0.25, -0.2) is 9.97 Å². The highest BCUT2D eigenvalue weighted by atomic mass is 32.1. The number of carbonyl (C=O) groups is 1. The van der Waals surface area contributed by atoms with Gasteiger partial charge in [-0.2, -0.15) is 0 Å². The van der Waals surface area contributed by atoms with Crippen LogP contribution in [0.3, 0.4) is 0 Å². The lowest BCUT2D eigenvalue weighted by molar-refractivity contribution is -0.136. The molecule has 33 heavy (non-hydrogen) atoms. The van der Waals surface area contributed by atoms with Gasteiger partial charge >= 0.3 is 5.97 Å². The Morgan fingerprint density at radius 3 is 2.58 bits per heavy atom. The first-order valence-electron chi connectivity index (χ1n) is 11.8. The Balaban J connectivity index is 1.54. The lowest BCUT2D eigenvalue weighted by Crippen LogP contribution is -2.05. The molecule has 0 aliphatic heterocycles. The average Bonchev–Trinajstić information content (AvgIpc) is 3.28. The van der Waals surface area contributed by atoms with Gasteiger partial charge in [0.1, 0.15) is 5.82 Å². The van der Waals surface area contributed by atoms with Crippen molar-refractivity contribution < 1.29 is 9.90 Å². The van der Waals surface area contributed by atoms with Crippen molar-refractivity contribution in [2.45, 2.75) is 58.8 Å². The summed E-state index contributed by atoms with van der Waals surface area (Å²) in [7, 11) is 0. The third-order valence-electron chi connectivity index (χ3n) is 6.17. The second-order valence-corrected chi connectivity index (χ2v) is 9.78. The van der Waals surface area contributed by atoms with E-state index in [1.54, 1.807) is 11.3 Å². The molecule has 1 fully saturated rings. The Kier molecular flexibility index (Phi) is 7.55. The van der Waals surface area contributed by atoms with Crippen molar-refractivity contribution >= 4 is 34.9 Å². The maximum absolute atomic E-state index is 10.9. The predicted molar refractivity (Wildman–Crippen MR) is 136 cm³/mol. The maximum Gasteiger partial charge on any atom is 0.307 e. The van der Waals surface area contributed by atoms with Gasteiger partial charge < -0.3 is 10.4 Å². The van der Waals surface area contributed by atoms with Crippen LogP contribution in [0.4, 0.5) is 11.5 Å². The molecule has 0 bridgehead atoms. The number of thiophene rings is 1. The number of nitrogens with one attached hydrogen (secondary N) is 1. The van der Waals surface area contributed by atoms with E-state index in [2.05, 4.69) is 36.5 Å². The first-order chi connectivity index (χ1) is 16.0. The lowest BCUT2D eigenvalue weighted by atomic mass is 9.89.